The summed E-state index contributed by atoms with van der Waals surface area (Å²) in [4.78, 5) is 25.9. The molecule has 11 heteroatoms. The van der Waals surface area contributed by atoms with Crippen molar-refractivity contribution in [1.29, 1.82) is 0 Å². The smallest absolute Gasteiger partial charge is 0.362 e. The summed E-state index contributed by atoms with van der Waals surface area (Å²) in [6.07, 6.45) is -0.224. The molecular weight excluding hydrogens is 355 g/mol. The molecule has 0 aromatic carbocycles. The van der Waals surface area contributed by atoms with Crippen LogP contribution in [0, 0.1) is 6.92 Å². The first kappa shape index (κ1) is 20.0. The summed E-state index contributed by atoms with van der Waals surface area (Å²) in [5, 5.41) is 10.4. The summed E-state index contributed by atoms with van der Waals surface area (Å²) in [5.41, 5.74) is -1.08. The van der Waals surface area contributed by atoms with Crippen LogP contribution in [0.25, 0.3) is 0 Å². The van der Waals surface area contributed by atoms with Crippen LogP contribution in [-0.4, -0.2) is 46.9 Å². The van der Waals surface area contributed by atoms with Crippen molar-refractivity contribution in [3.05, 3.63) is 32.6 Å². The van der Waals surface area contributed by atoms with Crippen molar-refractivity contribution in [1.82, 2.24) is 9.55 Å². The Hall–Kier alpha value is -1.29. The molecule has 1 unspecified atom stereocenters. The van der Waals surface area contributed by atoms with Gasteiger partial charge in [0.1, 0.15) is 0 Å². The lowest BCUT2D eigenvalue weighted by Crippen LogP contribution is -2.46. The third-order valence-electron chi connectivity index (χ3n) is 3.84. The third kappa shape index (κ3) is 3.64. The van der Waals surface area contributed by atoms with E-state index in [2.05, 4.69) is 4.98 Å². The molecule has 2 heterocycles. The molecule has 1 fully saturated rings. The number of H-pyrrole nitrogens is 1. The van der Waals surface area contributed by atoms with Gasteiger partial charge in [0.25, 0.3) is 11.5 Å². The number of hydrogen-bond acceptors (Lipinski definition) is 8. The lowest BCUT2D eigenvalue weighted by atomic mass is 10.2. The van der Waals surface area contributed by atoms with Crippen molar-refractivity contribution in [2.24, 2.45) is 0 Å². The van der Waals surface area contributed by atoms with E-state index in [1.807, 2.05) is 0 Å². The van der Waals surface area contributed by atoms with Crippen molar-refractivity contribution < 1.29 is 28.2 Å². The van der Waals surface area contributed by atoms with Gasteiger partial charge in [-0.1, -0.05) is 0 Å². The molecule has 25 heavy (non-hydrogen) atoms. The SMILES string of the molecule is CCOP(=O)(OCC)C1O[C@](OC)(n2cc(C)c(=O)[nH]c2=O)C[C@@H]1O. The predicted octanol–water partition coefficient (Wildman–Crippen LogP) is 0.475. The molecule has 3 atom stereocenters. The minimum Gasteiger partial charge on any atom is -0.389 e. The summed E-state index contributed by atoms with van der Waals surface area (Å²) in [6, 6.07) is 0. The molecule has 1 aromatic heterocycles. The number of ether oxygens (including phenoxy) is 2. The molecule has 0 bridgehead atoms. The zero-order valence-corrected chi connectivity index (χ0v) is 15.4. The average molecular weight is 378 g/mol. The number of aromatic amines is 1. The summed E-state index contributed by atoms with van der Waals surface area (Å²) in [5.74, 6) is -3.09. The molecule has 0 spiro atoms. The molecule has 2 N–H and O–H groups in total. The van der Waals surface area contributed by atoms with Gasteiger partial charge in [0.2, 0.25) is 0 Å². The first-order valence-corrected chi connectivity index (χ1v) is 9.47. The largest absolute Gasteiger partial charge is 0.389 e. The van der Waals surface area contributed by atoms with Gasteiger partial charge in [0, 0.05) is 18.9 Å². The van der Waals surface area contributed by atoms with Crippen LogP contribution in [0.1, 0.15) is 25.8 Å². The zero-order valence-electron chi connectivity index (χ0n) is 14.6. The molecule has 10 nitrogen and oxygen atoms in total. The maximum Gasteiger partial charge on any atom is 0.362 e. The third-order valence-corrected chi connectivity index (χ3v) is 6.15. The maximum absolute atomic E-state index is 12.9. The van der Waals surface area contributed by atoms with Gasteiger partial charge in [0.05, 0.1) is 25.7 Å². The molecule has 142 valence electrons. The van der Waals surface area contributed by atoms with Crippen LogP contribution in [0.3, 0.4) is 0 Å². The van der Waals surface area contributed by atoms with Crippen LogP contribution in [0.5, 0.6) is 0 Å². The van der Waals surface area contributed by atoms with Gasteiger partial charge in [-0.3, -0.25) is 14.3 Å². The Kier molecular flexibility index (Phi) is 6.03. The second kappa shape index (κ2) is 7.53. The van der Waals surface area contributed by atoms with Crippen molar-refractivity contribution in [2.45, 2.75) is 45.1 Å². The van der Waals surface area contributed by atoms with Gasteiger partial charge >= 0.3 is 13.3 Å². The normalized spacial score (nSPS) is 26.9. The highest BCUT2D eigenvalue weighted by atomic mass is 31.2. The van der Waals surface area contributed by atoms with Gasteiger partial charge in [-0.2, -0.15) is 0 Å². The van der Waals surface area contributed by atoms with Gasteiger partial charge in [-0.05, 0) is 20.8 Å². The molecule has 1 aliphatic heterocycles. The summed E-state index contributed by atoms with van der Waals surface area (Å²) < 4.78 is 35.4. The Morgan fingerprint density at radius 1 is 1.40 bits per heavy atom. The van der Waals surface area contributed by atoms with Crippen molar-refractivity contribution in [3.8, 4) is 0 Å². The molecule has 2 rings (SSSR count). The number of rotatable bonds is 7. The fourth-order valence-electron chi connectivity index (χ4n) is 2.70. The standard InChI is InChI=1S/C14H23N2O8P/c1-5-22-25(20,23-6-2)12-10(17)7-14(21-4,24-12)16-8-9(3)11(18)15-13(16)19/h8,10,12,17H,5-7H2,1-4H3,(H,15,18,19)/t10-,12?,14-/m0/s1. The Labute approximate surface area is 144 Å². The van der Waals surface area contributed by atoms with Crippen LogP contribution in [-0.2, 0) is 29.0 Å². The van der Waals surface area contributed by atoms with E-state index in [0.717, 1.165) is 4.57 Å². The van der Waals surface area contributed by atoms with E-state index in [0.29, 0.717) is 0 Å². The highest BCUT2D eigenvalue weighted by Crippen LogP contribution is 2.59. The molecule has 0 saturated carbocycles. The Morgan fingerprint density at radius 2 is 2.00 bits per heavy atom. The minimum absolute atomic E-state index is 0.0849. The number of nitrogens with zero attached hydrogens (tertiary/aromatic N) is 1. The Balaban J connectivity index is 2.49. The van der Waals surface area contributed by atoms with E-state index in [4.69, 9.17) is 18.5 Å². The number of aromatic nitrogens is 2. The zero-order chi connectivity index (χ0) is 18.8. The van der Waals surface area contributed by atoms with E-state index in [-0.39, 0.29) is 25.2 Å². The van der Waals surface area contributed by atoms with E-state index in [1.54, 1.807) is 13.8 Å². The van der Waals surface area contributed by atoms with Gasteiger partial charge in [-0.15, -0.1) is 0 Å². The number of hydrogen-bond donors (Lipinski definition) is 2. The molecule has 1 aromatic rings. The van der Waals surface area contributed by atoms with Crippen LogP contribution < -0.4 is 11.2 Å². The predicted molar refractivity (Wildman–Crippen MR) is 87.4 cm³/mol. The fourth-order valence-corrected chi connectivity index (χ4v) is 4.61. The Bertz CT molecular complexity index is 765. The summed E-state index contributed by atoms with van der Waals surface area (Å²) in [6.45, 7) is 4.94. The van der Waals surface area contributed by atoms with Crippen molar-refractivity contribution in [3.63, 3.8) is 0 Å². The topological polar surface area (TPSA) is 129 Å². The van der Waals surface area contributed by atoms with E-state index in [9.17, 15) is 19.3 Å². The number of nitrogens with one attached hydrogen (secondary N) is 1. The van der Waals surface area contributed by atoms with Crippen LogP contribution in [0.15, 0.2) is 15.8 Å². The monoisotopic (exact) mass is 378 g/mol. The molecule has 0 amide bonds. The molecule has 1 aliphatic rings. The number of aliphatic hydroxyl groups is 1. The van der Waals surface area contributed by atoms with Crippen LogP contribution in [0.4, 0.5) is 0 Å². The molecule has 1 saturated heterocycles. The van der Waals surface area contributed by atoms with E-state index >= 15 is 0 Å². The molecule has 0 radical (unpaired) electrons. The summed E-state index contributed by atoms with van der Waals surface area (Å²) >= 11 is 0. The molecule has 0 aliphatic carbocycles. The van der Waals surface area contributed by atoms with E-state index in [1.165, 1.54) is 20.2 Å². The minimum atomic E-state index is -3.81. The maximum atomic E-state index is 12.9. The van der Waals surface area contributed by atoms with E-state index < -0.39 is 36.7 Å². The van der Waals surface area contributed by atoms with Crippen molar-refractivity contribution >= 4 is 7.60 Å². The fraction of sp³-hybridized carbons (Fsp3) is 0.714. The van der Waals surface area contributed by atoms with Gasteiger partial charge in [-0.25, -0.2) is 9.36 Å². The second-order valence-electron chi connectivity index (χ2n) is 5.51. The lowest BCUT2D eigenvalue weighted by molar-refractivity contribution is -0.264. The summed E-state index contributed by atoms with van der Waals surface area (Å²) in [7, 11) is -2.54. The highest BCUT2D eigenvalue weighted by molar-refractivity contribution is 7.54. The molecular formula is C14H23N2O8P. The Morgan fingerprint density at radius 3 is 2.52 bits per heavy atom. The first-order valence-electron chi connectivity index (χ1n) is 7.86. The van der Waals surface area contributed by atoms with Gasteiger partial charge in [0.15, 0.2) is 5.85 Å². The quantitative estimate of drug-likeness (QED) is 0.655. The van der Waals surface area contributed by atoms with Crippen LogP contribution >= 0.6 is 7.60 Å². The second-order valence-corrected chi connectivity index (χ2v) is 7.62. The lowest BCUT2D eigenvalue weighted by Gasteiger charge is -2.30. The number of methoxy groups -OCH3 is 1. The number of aliphatic hydroxyl groups excluding tert-OH is 1. The first-order chi connectivity index (χ1) is 11.7. The van der Waals surface area contributed by atoms with Crippen molar-refractivity contribution in [2.75, 3.05) is 20.3 Å². The van der Waals surface area contributed by atoms with Crippen LogP contribution in [0.2, 0.25) is 0 Å². The highest BCUT2D eigenvalue weighted by Gasteiger charge is 2.57. The number of aryl methyl sites for hydroxylation is 1. The average Bonchev–Trinajstić information content (AvgIpc) is 2.90. The van der Waals surface area contributed by atoms with Gasteiger partial charge < -0.3 is 23.6 Å².